The molecule has 3 amide bonds. The lowest BCUT2D eigenvalue weighted by atomic mass is 10.1. The van der Waals surface area contributed by atoms with Crippen LogP contribution in [-0.2, 0) is 4.79 Å². The minimum atomic E-state index is -0.234. The van der Waals surface area contributed by atoms with E-state index in [1.54, 1.807) is 37.3 Å². The molecule has 7 nitrogen and oxygen atoms in total. The maximum atomic E-state index is 12.9. The zero-order valence-electron chi connectivity index (χ0n) is 16.6. The summed E-state index contributed by atoms with van der Waals surface area (Å²) >= 11 is 0. The fourth-order valence-electron chi connectivity index (χ4n) is 3.21. The van der Waals surface area contributed by atoms with Gasteiger partial charge in [0.1, 0.15) is 18.0 Å². The highest BCUT2D eigenvalue weighted by Gasteiger charge is 2.32. The molecular weight excluding hydrogens is 358 g/mol. The second-order valence-corrected chi connectivity index (χ2v) is 6.69. The number of amides is 3. The van der Waals surface area contributed by atoms with Crippen LogP contribution in [0.2, 0.25) is 0 Å². The molecule has 0 aromatic heterocycles. The van der Waals surface area contributed by atoms with Crippen molar-refractivity contribution in [1.82, 2.24) is 4.90 Å². The number of anilines is 2. The summed E-state index contributed by atoms with van der Waals surface area (Å²) in [5.74, 6) is 0.993. The van der Waals surface area contributed by atoms with Gasteiger partial charge in [-0.05, 0) is 43.2 Å². The second kappa shape index (κ2) is 8.21. The summed E-state index contributed by atoms with van der Waals surface area (Å²) in [6.45, 7) is 4.88. The number of nitrogens with one attached hydrogen (secondary N) is 1. The summed E-state index contributed by atoms with van der Waals surface area (Å²) in [4.78, 5) is 28.5. The molecule has 1 saturated heterocycles. The number of urea groups is 1. The maximum absolute atomic E-state index is 12.9. The average Bonchev–Trinajstić information content (AvgIpc) is 3.05. The topological polar surface area (TPSA) is 71.1 Å². The van der Waals surface area contributed by atoms with Crippen molar-refractivity contribution in [1.29, 1.82) is 0 Å². The van der Waals surface area contributed by atoms with Gasteiger partial charge in [-0.2, -0.15) is 0 Å². The van der Waals surface area contributed by atoms with Crippen LogP contribution in [0.4, 0.5) is 16.2 Å². The molecule has 1 aliphatic heterocycles. The van der Waals surface area contributed by atoms with E-state index in [2.05, 4.69) is 5.32 Å². The first-order chi connectivity index (χ1) is 13.4. The standard InChI is InChI=1S/C21H25N3O4/c1-14-6-5-7-17(15(14)2)22-20(25)13-23-10-11-24(21(23)26)18-12-16(27-3)8-9-19(18)28-4/h5-9,12H,10-11,13H2,1-4H3,(H,22,25). The van der Waals surface area contributed by atoms with Gasteiger partial charge in [0.2, 0.25) is 5.91 Å². The van der Waals surface area contributed by atoms with Gasteiger partial charge in [-0.1, -0.05) is 12.1 Å². The molecule has 28 heavy (non-hydrogen) atoms. The van der Waals surface area contributed by atoms with E-state index < -0.39 is 0 Å². The van der Waals surface area contributed by atoms with E-state index in [1.165, 1.54) is 4.90 Å². The van der Waals surface area contributed by atoms with E-state index in [0.717, 1.165) is 16.8 Å². The molecule has 1 aliphatic rings. The fraction of sp³-hybridized carbons (Fsp3) is 0.333. The summed E-state index contributed by atoms with van der Waals surface area (Å²) in [7, 11) is 3.13. The molecule has 1 heterocycles. The lowest BCUT2D eigenvalue weighted by molar-refractivity contribution is -0.116. The Kier molecular flexibility index (Phi) is 5.73. The van der Waals surface area contributed by atoms with Gasteiger partial charge in [0.25, 0.3) is 0 Å². The normalized spacial score (nSPS) is 13.6. The number of hydrogen-bond donors (Lipinski definition) is 1. The smallest absolute Gasteiger partial charge is 0.325 e. The van der Waals surface area contributed by atoms with Gasteiger partial charge in [-0.15, -0.1) is 0 Å². The predicted molar refractivity (Wildman–Crippen MR) is 108 cm³/mol. The Morgan fingerprint density at radius 2 is 1.89 bits per heavy atom. The highest BCUT2D eigenvalue weighted by atomic mass is 16.5. The molecule has 0 bridgehead atoms. The summed E-state index contributed by atoms with van der Waals surface area (Å²) in [6.07, 6.45) is 0. The van der Waals surface area contributed by atoms with Crippen LogP contribution in [-0.4, -0.2) is 50.7 Å². The highest BCUT2D eigenvalue weighted by Crippen LogP contribution is 2.34. The largest absolute Gasteiger partial charge is 0.497 e. The Balaban J connectivity index is 1.71. The van der Waals surface area contributed by atoms with Crippen LogP contribution in [0.3, 0.4) is 0 Å². The maximum Gasteiger partial charge on any atom is 0.325 e. The first-order valence-electron chi connectivity index (χ1n) is 9.09. The number of nitrogens with zero attached hydrogens (tertiary/aromatic N) is 2. The van der Waals surface area contributed by atoms with Gasteiger partial charge in [0.15, 0.2) is 0 Å². The molecule has 0 unspecified atom stereocenters. The monoisotopic (exact) mass is 383 g/mol. The SMILES string of the molecule is COc1ccc(OC)c(N2CCN(CC(=O)Nc3cccc(C)c3C)C2=O)c1. The van der Waals surface area contributed by atoms with Crippen molar-refractivity contribution in [2.75, 3.05) is 44.1 Å². The van der Waals surface area contributed by atoms with Crippen LogP contribution < -0.4 is 19.7 Å². The molecule has 2 aromatic rings. The van der Waals surface area contributed by atoms with Crippen molar-refractivity contribution in [3.63, 3.8) is 0 Å². The molecular formula is C21H25N3O4. The zero-order chi connectivity index (χ0) is 20.3. The molecule has 1 N–H and O–H groups in total. The van der Waals surface area contributed by atoms with Crippen LogP contribution in [0, 0.1) is 13.8 Å². The van der Waals surface area contributed by atoms with E-state index in [0.29, 0.717) is 30.3 Å². The number of carbonyl (C=O) groups is 2. The molecule has 0 atom stereocenters. The van der Waals surface area contributed by atoms with Crippen molar-refractivity contribution in [3.8, 4) is 11.5 Å². The number of benzene rings is 2. The quantitative estimate of drug-likeness (QED) is 0.832. The molecule has 148 valence electrons. The Morgan fingerprint density at radius 1 is 1.11 bits per heavy atom. The van der Waals surface area contributed by atoms with Crippen LogP contribution in [0.25, 0.3) is 0 Å². The first kappa shape index (κ1) is 19.5. The molecule has 0 saturated carbocycles. The predicted octanol–water partition coefficient (Wildman–Crippen LogP) is 3.20. The number of hydrogen-bond acceptors (Lipinski definition) is 4. The molecule has 1 fully saturated rings. The van der Waals surface area contributed by atoms with Crippen LogP contribution >= 0.6 is 0 Å². The third-order valence-corrected chi connectivity index (χ3v) is 4.98. The molecule has 2 aromatic carbocycles. The lowest BCUT2D eigenvalue weighted by Crippen LogP contribution is -2.37. The van der Waals surface area contributed by atoms with E-state index in [4.69, 9.17) is 9.47 Å². The fourth-order valence-corrected chi connectivity index (χ4v) is 3.21. The van der Waals surface area contributed by atoms with Crippen LogP contribution in [0.15, 0.2) is 36.4 Å². The Hall–Kier alpha value is -3.22. The average molecular weight is 383 g/mol. The second-order valence-electron chi connectivity index (χ2n) is 6.69. The number of rotatable bonds is 6. The van der Waals surface area contributed by atoms with Gasteiger partial charge in [0, 0.05) is 24.8 Å². The number of carbonyl (C=O) groups excluding carboxylic acids is 2. The molecule has 0 radical (unpaired) electrons. The zero-order valence-corrected chi connectivity index (χ0v) is 16.6. The molecule has 7 heteroatoms. The summed E-state index contributed by atoms with van der Waals surface area (Å²) < 4.78 is 10.6. The summed E-state index contributed by atoms with van der Waals surface area (Å²) in [5, 5.41) is 2.90. The van der Waals surface area contributed by atoms with Gasteiger partial charge < -0.3 is 19.7 Å². The van der Waals surface area contributed by atoms with Gasteiger partial charge in [0.05, 0.1) is 19.9 Å². The van der Waals surface area contributed by atoms with Gasteiger partial charge in [-0.3, -0.25) is 9.69 Å². The number of ether oxygens (including phenoxy) is 2. The van der Waals surface area contributed by atoms with E-state index in [-0.39, 0.29) is 18.5 Å². The van der Waals surface area contributed by atoms with E-state index >= 15 is 0 Å². The Bertz CT molecular complexity index is 897. The molecule has 3 rings (SSSR count). The first-order valence-corrected chi connectivity index (χ1v) is 9.09. The van der Waals surface area contributed by atoms with Crippen molar-refractivity contribution >= 4 is 23.3 Å². The molecule has 0 spiro atoms. The summed E-state index contributed by atoms with van der Waals surface area (Å²) in [5.41, 5.74) is 3.52. The van der Waals surface area contributed by atoms with Crippen molar-refractivity contribution in [2.45, 2.75) is 13.8 Å². The van der Waals surface area contributed by atoms with E-state index in [1.807, 2.05) is 32.0 Å². The van der Waals surface area contributed by atoms with Crippen molar-refractivity contribution in [2.24, 2.45) is 0 Å². The Labute approximate surface area is 164 Å². The van der Waals surface area contributed by atoms with Gasteiger partial charge in [-0.25, -0.2) is 4.79 Å². The van der Waals surface area contributed by atoms with Gasteiger partial charge >= 0.3 is 6.03 Å². The number of aryl methyl sites for hydroxylation is 1. The lowest BCUT2D eigenvalue weighted by Gasteiger charge is -2.21. The van der Waals surface area contributed by atoms with Crippen LogP contribution in [0.5, 0.6) is 11.5 Å². The third-order valence-electron chi connectivity index (χ3n) is 4.98. The minimum Gasteiger partial charge on any atom is -0.497 e. The summed E-state index contributed by atoms with van der Waals surface area (Å²) in [6, 6.07) is 10.8. The third kappa shape index (κ3) is 3.88. The minimum absolute atomic E-state index is 0.00496. The number of methoxy groups -OCH3 is 2. The Morgan fingerprint density at radius 3 is 2.61 bits per heavy atom. The molecule has 0 aliphatic carbocycles. The van der Waals surface area contributed by atoms with Crippen molar-refractivity contribution in [3.05, 3.63) is 47.5 Å². The highest BCUT2D eigenvalue weighted by molar-refractivity contribution is 6.00. The van der Waals surface area contributed by atoms with E-state index in [9.17, 15) is 9.59 Å². The van der Waals surface area contributed by atoms with Crippen molar-refractivity contribution < 1.29 is 19.1 Å². The van der Waals surface area contributed by atoms with Crippen LogP contribution in [0.1, 0.15) is 11.1 Å².